The molecule has 2 bridgehead atoms. The monoisotopic (exact) mass is 425 g/mol. The van der Waals surface area contributed by atoms with Crippen LogP contribution in [0.25, 0.3) is 11.1 Å². The van der Waals surface area contributed by atoms with Gasteiger partial charge < -0.3 is 15.2 Å². The fourth-order valence-electron chi connectivity index (χ4n) is 4.73. The van der Waals surface area contributed by atoms with E-state index in [1.54, 1.807) is 0 Å². The molecular weight excluding hydrogens is 402 g/mol. The number of amides is 1. The normalized spacial score (nSPS) is 24.1. The highest BCUT2D eigenvalue weighted by molar-refractivity contribution is 7.17. The van der Waals surface area contributed by atoms with Gasteiger partial charge in [0.2, 0.25) is 5.91 Å². The number of hydrogen-bond acceptors (Lipinski definition) is 5. The summed E-state index contributed by atoms with van der Waals surface area (Å²) in [6, 6.07) is 9.52. The van der Waals surface area contributed by atoms with E-state index >= 15 is 0 Å². The molecule has 4 rings (SSSR count). The molecule has 1 saturated carbocycles. The average Bonchev–Trinajstić information content (AvgIpc) is 3.46. The number of esters is 1. The number of carboxylic acids is 1. The standard InChI is InChI=1S/C23H23NO5S/c1-3-15-16(12-7-5-4-6-8-12)19(23(28)29-2)21(30-15)24-20(25)17-13-9-10-14(11-13)18(17)22(26)27/h4-10,13-14,17-18H,3,11H2,1-2H3,(H,24,25)(H,26,27)/t13-,14+,17+,18+/m1/s1. The molecule has 156 valence electrons. The highest BCUT2D eigenvalue weighted by atomic mass is 32.1. The Bertz CT molecular complexity index is 1030. The molecule has 2 N–H and O–H groups in total. The fourth-order valence-corrected chi connectivity index (χ4v) is 5.89. The van der Waals surface area contributed by atoms with Gasteiger partial charge in [-0.25, -0.2) is 4.79 Å². The molecule has 1 aromatic carbocycles. The van der Waals surface area contributed by atoms with Crippen LogP contribution in [0.4, 0.5) is 5.00 Å². The highest BCUT2D eigenvalue weighted by Crippen LogP contribution is 2.49. The molecule has 0 saturated heterocycles. The number of methoxy groups -OCH3 is 1. The smallest absolute Gasteiger partial charge is 0.341 e. The minimum Gasteiger partial charge on any atom is -0.481 e. The topological polar surface area (TPSA) is 92.7 Å². The Hall–Kier alpha value is -2.93. The Kier molecular flexibility index (Phi) is 5.47. The molecule has 1 aromatic heterocycles. The first-order valence-electron chi connectivity index (χ1n) is 9.97. The maximum atomic E-state index is 13.2. The third kappa shape index (κ3) is 3.33. The van der Waals surface area contributed by atoms with Crippen molar-refractivity contribution in [1.29, 1.82) is 0 Å². The van der Waals surface area contributed by atoms with Crippen LogP contribution in [0.15, 0.2) is 42.5 Å². The number of rotatable bonds is 6. The number of hydrogen-bond donors (Lipinski definition) is 2. The molecule has 0 unspecified atom stereocenters. The first kappa shape index (κ1) is 20.3. The van der Waals surface area contributed by atoms with Gasteiger partial charge in [-0.2, -0.15) is 0 Å². The van der Waals surface area contributed by atoms with E-state index in [-0.39, 0.29) is 17.7 Å². The number of anilines is 1. The van der Waals surface area contributed by atoms with Gasteiger partial charge in [-0.1, -0.05) is 49.4 Å². The molecule has 6 nitrogen and oxygen atoms in total. The quantitative estimate of drug-likeness (QED) is 0.534. The predicted octanol–water partition coefficient (Wildman–Crippen LogP) is 4.23. The van der Waals surface area contributed by atoms with Gasteiger partial charge in [0, 0.05) is 10.4 Å². The lowest BCUT2D eigenvalue weighted by atomic mass is 9.82. The van der Waals surface area contributed by atoms with Gasteiger partial charge in [0.05, 0.1) is 18.9 Å². The van der Waals surface area contributed by atoms with Gasteiger partial charge in [-0.3, -0.25) is 9.59 Å². The first-order valence-corrected chi connectivity index (χ1v) is 10.8. The van der Waals surface area contributed by atoms with Crippen LogP contribution in [-0.2, 0) is 20.7 Å². The number of carbonyl (C=O) groups excluding carboxylic acids is 2. The number of allylic oxidation sites excluding steroid dienone is 2. The Morgan fingerprint density at radius 3 is 2.40 bits per heavy atom. The molecule has 0 radical (unpaired) electrons. The van der Waals surface area contributed by atoms with Crippen LogP contribution >= 0.6 is 11.3 Å². The minimum absolute atomic E-state index is 0.0862. The van der Waals surface area contributed by atoms with Crippen LogP contribution in [0.2, 0.25) is 0 Å². The summed E-state index contributed by atoms with van der Waals surface area (Å²) in [5.74, 6) is -3.41. The molecule has 2 aliphatic rings. The Labute approximate surface area is 178 Å². The van der Waals surface area contributed by atoms with Crippen molar-refractivity contribution < 1.29 is 24.2 Å². The first-order chi connectivity index (χ1) is 14.5. The lowest BCUT2D eigenvalue weighted by molar-refractivity contribution is -0.146. The van der Waals surface area contributed by atoms with Crippen molar-refractivity contribution in [2.24, 2.45) is 23.7 Å². The largest absolute Gasteiger partial charge is 0.481 e. The van der Waals surface area contributed by atoms with E-state index in [4.69, 9.17) is 4.74 Å². The summed E-state index contributed by atoms with van der Waals surface area (Å²) < 4.78 is 5.02. The van der Waals surface area contributed by atoms with Gasteiger partial charge >= 0.3 is 11.9 Å². The number of aliphatic carboxylic acids is 1. The second-order valence-electron chi connectivity index (χ2n) is 7.64. The lowest BCUT2D eigenvalue weighted by Crippen LogP contribution is -2.36. The molecule has 4 atom stereocenters. The maximum Gasteiger partial charge on any atom is 0.341 e. The summed E-state index contributed by atoms with van der Waals surface area (Å²) in [5.41, 5.74) is 1.95. The zero-order valence-corrected chi connectivity index (χ0v) is 17.6. The highest BCUT2D eigenvalue weighted by Gasteiger charge is 2.51. The third-order valence-corrected chi connectivity index (χ3v) is 7.29. The summed E-state index contributed by atoms with van der Waals surface area (Å²) in [7, 11) is 1.31. The van der Waals surface area contributed by atoms with E-state index in [1.807, 2.05) is 49.4 Å². The van der Waals surface area contributed by atoms with Crippen LogP contribution in [-0.4, -0.2) is 30.1 Å². The van der Waals surface area contributed by atoms with E-state index in [0.717, 1.165) is 16.0 Å². The fraction of sp³-hybridized carbons (Fsp3) is 0.348. The van der Waals surface area contributed by atoms with Crippen LogP contribution < -0.4 is 5.32 Å². The van der Waals surface area contributed by atoms with Crippen molar-refractivity contribution in [1.82, 2.24) is 0 Å². The molecular formula is C23H23NO5S. The molecule has 2 aliphatic carbocycles. The summed E-state index contributed by atoms with van der Waals surface area (Å²) in [6.45, 7) is 1.99. The van der Waals surface area contributed by atoms with Crippen LogP contribution in [0.1, 0.15) is 28.6 Å². The minimum atomic E-state index is -0.953. The van der Waals surface area contributed by atoms with Gasteiger partial charge in [0.25, 0.3) is 0 Å². The van der Waals surface area contributed by atoms with Gasteiger partial charge in [0.1, 0.15) is 10.6 Å². The molecule has 30 heavy (non-hydrogen) atoms. The number of benzene rings is 1. The SMILES string of the molecule is CCc1sc(NC(=O)[C@@H]2[C@@H](C(=O)O)[C@H]3C=C[C@@H]2C3)c(C(=O)OC)c1-c1ccccc1. The van der Waals surface area contributed by atoms with E-state index in [9.17, 15) is 19.5 Å². The Morgan fingerprint density at radius 2 is 1.80 bits per heavy atom. The number of fused-ring (bicyclic) bond motifs is 2. The molecule has 1 heterocycles. The van der Waals surface area contributed by atoms with Crippen molar-refractivity contribution in [2.45, 2.75) is 19.8 Å². The average molecular weight is 426 g/mol. The van der Waals surface area contributed by atoms with Gasteiger partial charge in [0.15, 0.2) is 0 Å². The van der Waals surface area contributed by atoms with E-state index < -0.39 is 23.8 Å². The summed E-state index contributed by atoms with van der Waals surface area (Å²) >= 11 is 1.34. The third-order valence-electron chi connectivity index (χ3n) is 6.04. The van der Waals surface area contributed by atoms with Crippen molar-refractivity contribution in [3.05, 3.63) is 52.9 Å². The Morgan fingerprint density at radius 1 is 1.13 bits per heavy atom. The van der Waals surface area contributed by atoms with Crippen LogP contribution in [0.5, 0.6) is 0 Å². The van der Waals surface area contributed by atoms with E-state index in [1.165, 1.54) is 18.4 Å². The zero-order valence-electron chi connectivity index (χ0n) is 16.8. The lowest BCUT2D eigenvalue weighted by Gasteiger charge is -2.23. The number of ether oxygens (including phenoxy) is 1. The Balaban J connectivity index is 1.73. The van der Waals surface area contributed by atoms with Gasteiger partial charge in [-0.15, -0.1) is 11.3 Å². The maximum absolute atomic E-state index is 13.2. The van der Waals surface area contributed by atoms with Gasteiger partial charge in [-0.05, 0) is 30.2 Å². The number of thiophene rings is 1. The van der Waals surface area contributed by atoms with Crippen LogP contribution in [0.3, 0.4) is 0 Å². The van der Waals surface area contributed by atoms with E-state index in [0.29, 0.717) is 23.4 Å². The number of nitrogens with one attached hydrogen (secondary N) is 1. The second kappa shape index (κ2) is 8.07. The number of carboxylic acid groups (broad SMARTS) is 1. The molecule has 1 fully saturated rings. The number of aryl methyl sites for hydroxylation is 1. The van der Waals surface area contributed by atoms with Crippen LogP contribution in [0, 0.1) is 23.7 Å². The summed E-state index contributed by atoms with van der Waals surface area (Å²) in [5, 5.41) is 13.0. The second-order valence-corrected chi connectivity index (χ2v) is 8.75. The van der Waals surface area contributed by atoms with Crippen molar-refractivity contribution >= 4 is 34.2 Å². The van der Waals surface area contributed by atoms with Crippen molar-refractivity contribution in [2.75, 3.05) is 12.4 Å². The van der Waals surface area contributed by atoms with E-state index in [2.05, 4.69) is 5.32 Å². The number of carbonyl (C=O) groups is 3. The molecule has 0 aliphatic heterocycles. The predicted molar refractivity (Wildman–Crippen MR) is 114 cm³/mol. The molecule has 1 amide bonds. The molecule has 7 heteroatoms. The zero-order chi connectivity index (χ0) is 21.4. The molecule has 2 aromatic rings. The van der Waals surface area contributed by atoms with Crippen molar-refractivity contribution in [3.8, 4) is 11.1 Å². The molecule has 0 spiro atoms. The summed E-state index contributed by atoms with van der Waals surface area (Å²) in [6.07, 6.45) is 5.21. The van der Waals surface area contributed by atoms with Crippen molar-refractivity contribution in [3.63, 3.8) is 0 Å². The summed E-state index contributed by atoms with van der Waals surface area (Å²) in [4.78, 5) is 38.6.